The lowest BCUT2D eigenvalue weighted by atomic mass is 10.0. The van der Waals surface area contributed by atoms with Gasteiger partial charge >= 0.3 is 0 Å². The van der Waals surface area contributed by atoms with Gasteiger partial charge in [-0.1, -0.05) is 41.6 Å². The molecule has 0 bridgehead atoms. The fraction of sp³-hybridized carbons (Fsp3) is 0.250. The predicted octanol–water partition coefficient (Wildman–Crippen LogP) is 4.82. The van der Waals surface area contributed by atoms with E-state index in [0.29, 0.717) is 12.2 Å². The normalized spacial score (nSPS) is 16.6. The highest BCUT2D eigenvalue weighted by molar-refractivity contribution is 8.01. The summed E-state index contributed by atoms with van der Waals surface area (Å²) < 4.78 is 6.48. The topological polar surface area (TPSA) is 58.7 Å². The molecule has 2 aromatic heterocycles. The zero-order valence-corrected chi connectivity index (χ0v) is 16.7. The van der Waals surface area contributed by atoms with E-state index in [4.69, 9.17) is 4.42 Å². The number of thioether (sulfide) groups is 1. The molecule has 3 aromatic rings. The van der Waals surface area contributed by atoms with Crippen molar-refractivity contribution in [1.29, 1.82) is 0 Å². The van der Waals surface area contributed by atoms with Crippen LogP contribution in [0.25, 0.3) is 0 Å². The third kappa shape index (κ3) is 3.99. The molecule has 0 aliphatic carbocycles. The Morgan fingerprint density at radius 2 is 2.11 bits per heavy atom. The Bertz CT molecular complexity index is 962. The summed E-state index contributed by atoms with van der Waals surface area (Å²) in [7, 11) is 0. The van der Waals surface area contributed by atoms with Gasteiger partial charge in [0, 0.05) is 17.5 Å². The molecule has 7 heteroatoms. The summed E-state index contributed by atoms with van der Waals surface area (Å²) in [6.07, 6.45) is 2.28. The van der Waals surface area contributed by atoms with Crippen LogP contribution in [0.4, 0.5) is 0 Å². The largest absolute Gasteiger partial charge is 0.467 e. The van der Waals surface area contributed by atoms with Crippen molar-refractivity contribution in [3.05, 3.63) is 70.6 Å². The summed E-state index contributed by atoms with van der Waals surface area (Å²) in [5, 5.41) is 8.21. The highest BCUT2D eigenvalue weighted by Crippen LogP contribution is 2.34. The van der Waals surface area contributed by atoms with E-state index < -0.39 is 0 Å². The third-order valence-corrected chi connectivity index (χ3v) is 6.46. The van der Waals surface area contributed by atoms with Gasteiger partial charge in [0.15, 0.2) is 4.34 Å². The van der Waals surface area contributed by atoms with Crippen molar-refractivity contribution in [2.45, 2.75) is 30.6 Å². The summed E-state index contributed by atoms with van der Waals surface area (Å²) >= 11 is 3.01. The molecule has 1 aromatic carbocycles. The number of hydrogen-bond acceptors (Lipinski definition) is 6. The molecule has 0 fully saturated rings. The Morgan fingerprint density at radius 3 is 2.78 bits per heavy atom. The number of hydrazone groups is 1. The molecule has 3 heterocycles. The molecule has 0 spiro atoms. The third-order valence-electron chi connectivity index (χ3n) is 4.34. The van der Waals surface area contributed by atoms with Crippen LogP contribution in [0.2, 0.25) is 0 Å². The average Bonchev–Trinajstić information content (AvgIpc) is 3.40. The minimum atomic E-state index is -0.206. The summed E-state index contributed by atoms with van der Waals surface area (Å²) in [6.45, 7) is 4.01. The van der Waals surface area contributed by atoms with Crippen molar-refractivity contribution in [3.63, 3.8) is 0 Å². The number of aromatic nitrogens is 1. The van der Waals surface area contributed by atoms with Gasteiger partial charge in [0.25, 0.3) is 5.91 Å². The lowest BCUT2D eigenvalue weighted by molar-refractivity contribution is -0.130. The van der Waals surface area contributed by atoms with Crippen LogP contribution >= 0.6 is 23.1 Å². The SMILES string of the molecule is Cc1ccc(C2=NN(C(=O)CSc3nc(C)cs3)[C@@H](c3ccco3)C2)cc1. The molecule has 4 rings (SSSR count). The van der Waals surface area contributed by atoms with E-state index in [0.717, 1.165) is 27.1 Å². The maximum atomic E-state index is 12.9. The molecular weight excluding hydrogens is 378 g/mol. The van der Waals surface area contributed by atoms with Gasteiger partial charge < -0.3 is 4.42 Å². The average molecular weight is 398 g/mol. The van der Waals surface area contributed by atoms with Crippen LogP contribution in [0.15, 0.2) is 61.9 Å². The van der Waals surface area contributed by atoms with Crippen LogP contribution in [-0.4, -0.2) is 27.4 Å². The maximum absolute atomic E-state index is 12.9. The van der Waals surface area contributed by atoms with Crippen LogP contribution in [-0.2, 0) is 4.79 Å². The highest BCUT2D eigenvalue weighted by Gasteiger charge is 2.34. The molecule has 138 valence electrons. The maximum Gasteiger partial charge on any atom is 0.253 e. The quantitative estimate of drug-likeness (QED) is 0.579. The zero-order chi connectivity index (χ0) is 18.8. The number of nitrogens with zero attached hydrogens (tertiary/aromatic N) is 3. The molecular formula is C20H19N3O2S2. The Hall–Kier alpha value is -2.38. The zero-order valence-electron chi connectivity index (χ0n) is 15.1. The van der Waals surface area contributed by atoms with E-state index in [1.54, 1.807) is 22.6 Å². The van der Waals surface area contributed by atoms with Crippen LogP contribution in [0.3, 0.4) is 0 Å². The molecule has 1 aliphatic heterocycles. The fourth-order valence-corrected chi connectivity index (χ4v) is 4.65. The molecule has 0 radical (unpaired) electrons. The molecule has 27 heavy (non-hydrogen) atoms. The van der Waals surface area contributed by atoms with E-state index in [1.807, 2.05) is 24.4 Å². The van der Waals surface area contributed by atoms with Gasteiger partial charge in [0.1, 0.15) is 11.8 Å². The predicted molar refractivity (Wildman–Crippen MR) is 108 cm³/mol. The number of furan rings is 1. The number of hydrogen-bond donors (Lipinski definition) is 0. The lowest BCUT2D eigenvalue weighted by Gasteiger charge is -2.19. The monoisotopic (exact) mass is 397 g/mol. The van der Waals surface area contributed by atoms with Gasteiger partial charge in [-0.3, -0.25) is 4.79 Å². The summed E-state index contributed by atoms with van der Waals surface area (Å²) in [5.41, 5.74) is 4.11. The molecule has 5 nitrogen and oxygen atoms in total. The second-order valence-electron chi connectivity index (χ2n) is 6.43. The molecule has 0 unspecified atom stereocenters. The number of rotatable bonds is 5. The Balaban J connectivity index is 1.55. The first-order valence-corrected chi connectivity index (χ1v) is 10.5. The van der Waals surface area contributed by atoms with E-state index >= 15 is 0 Å². The first kappa shape index (κ1) is 18.0. The van der Waals surface area contributed by atoms with Gasteiger partial charge in [-0.05, 0) is 31.5 Å². The van der Waals surface area contributed by atoms with Gasteiger partial charge in [0.05, 0.1) is 17.7 Å². The molecule has 0 N–H and O–H groups in total. The number of thiazole rings is 1. The first-order chi connectivity index (χ1) is 13.1. The van der Waals surface area contributed by atoms with Gasteiger partial charge in [-0.2, -0.15) is 5.10 Å². The lowest BCUT2D eigenvalue weighted by Crippen LogP contribution is -2.28. The Labute approximate surface area is 166 Å². The number of amides is 1. The Kier molecular flexibility index (Phi) is 5.13. The number of aryl methyl sites for hydroxylation is 2. The van der Waals surface area contributed by atoms with Crippen molar-refractivity contribution >= 4 is 34.7 Å². The number of carbonyl (C=O) groups is 1. The molecule has 1 aliphatic rings. The minimum absolute atomic E-state index is 0.0450. The summed E-state index contributed by atoms with van der Waals surface area (Å²) in [5.74, 6) is 1.01. The van der Waals surface area contributed by atoms with Gasteiger partial charge in [-0.15, -0.1) is 11.3 Å². The van der Waals surface area contributed by atoms with E-state index in [-0.39, 0.29) is 11.9 Å². The smallest absolute Gasteiger partial charge is 0.253 e. The molecule has 0 saturated carbocycles. The van der Waals surface area contributed by atoms with Crippen molar-refractivity contribution in [3.8, 4) is 0 Å². The van der Waals surface area contributed by atoms with Crippen LogP contribution < -0.4 is 0 Å². The first-order valence-electron chi connectivity index (χ1n) is 8.65. The van der Waals surface area contributed by atoms with Crippen molar-refractivity contribution in [2.24, 2.45) is 5.10 Å². The molecule has 1 amide bonds. The summed E-state index contributed by atoms with van der Waals surface area (Å²) in [6, 6.07) is 11.8. The Morgan fingerprint density at radius 1 is 1.30 bits per heavy atom. The molecule has 1 atom stereocenters. The minimum Gasteiger partial charge on any atom is -0.467 e. The highest BCUT2D eigenvalue weighted by atomic mass is 32.2. The standard InChI is InChI=1S/C20H19N3O2S2/c1-13-5-7-15(8-6-13)16-10-17(18-4-3-9-25-18)23(22-16)19(24)12-27-20-21-14(2)11-26-20/h3-9,11,17H,10,12H2,1-2H3/t17-/m1/s1. The van der Waals surface area contributed by atoms with Crippen LogP contribution in [0.5, 0.6) is 0 Å². The second kappa shape index (κ2) is 7.70. The van der Waals surface area contributed by atoms with Crippen molar-refractivity contribution < 1.29 is 9.21 Å². The van der Waals surface area contributed by atoms with Crippen molar-refractivity contribution in [1.82, 2.24) is 9.99 Å². The van der Waals surface area contributed by atoms with E-state index in [1.165, 1.54) is 17.3 Å². The van der Waals surface area contributed by atoms with E-state index in [2.05, 4.69) is 41.3 Å². The van der Waals surface area contributed by atoms with Crippen LogP contribution in [0.1, 0.15) is 35.0 Å². The fourth-order valence-electron chi connectivity index (χ4n) is 2.95. The summed E-state index contributed by atoms with van der Waals surface area (Å²) in [4.78, 5) is 17.3. The van der Waals surface area contributed by atoms with Crippen LogP contribution in [0, 0.1) is 13.8 Å². The number of carbonyl (C=O) groups excluding carboxylic acids is 1. The van der Waals surface area contributed by atoms with E-state index in [9.17, 15) is 4.79 Å². The second-order valence-corrected chi connectivity index (χ2v) is 8.51. The van der Waals surface area contributed by atoms with Crippen molar-refractivity contribution in [2.75, 3.05) is 5.75 Å². The molecule has 0 saturated heterocycles. The van der Waals surface area contributed by atoms with Gasteiger partial charge in [-0.25, -0.2) is 9.99 Å². The number of benzene rings is 1. The van der Waals surface area contributed by atoms with Gasteiger partial charge in [0.2, 0.25) is 0 Å².